The molecule has 0 heterocycles. The van der Waals surface area contributed by atoms with Gasteiger partial charge < -0.3 is 0 Å². The minimum Gasteiger partial charge on any atom is -0.157 e. The van der Waals surface area contributed by atoms with Gasteiger partial charge in [0.2, 0.25) is 0 Å². The van der Waals surface area contributed by atoms with Gasteiger partial charge in [0.15, 0.2) is 0 Å². The fourth-order valence-electron chi connectivity index (χ4n) is 0.297. The van der Waals surface area contributed by atoms with Crippen LogP contribution in [0, 0.1) is 0 Å². The van der Waals surface area contributed by atoms with E-state index in [9.17, 15) is 0 Å². The first-order chi connectivity index (χ1) is 3.72. The minimum absolute atomic E-state index is 0.602. The van der Waals surface area contributed by atoms with Crippen molar-refractivity contribution < 1.29 is 0 Å². The Morgan fingerprint density at radius 1 is 1.50 bits per heavy atom. The van der Waals surface area contributed by atoms with Crippen molar-refractivity contribution in [2.24, 2.45) is 0 Å². The third-order valence-electron chi connectivity index (χ3n) is 1.07. The van der Waals surface area contributed by atoms with Gasteiger partial charge in [0.25, 0.3) is 0 Å². The molecule has 0 bridgehead atoms. The van der Waals surface area contributed by atoms with Crippen LogP contribution in [0.4, 0.5) is 0 Å². The highest BCUT2D eigenvalue weighted by Gasteiger charge is 2.00. The lowest BCUT2D eigenvalue weighted by Crippen LogP contribution is -1.93. The van der Waals surface area contributed by atoms with E-state index in [1.807, 2.05) is 11.8 Å². The third-order valence-corrected chi connectivity index (χ3v) is 3.09. The van der Waals surface area contributed by atoms with Gasteiger partial charge >= 0.3 is 0 Å². The summed E-state index contributed by atoms with van der Waals surface area (Å²) >= 11 is 3.58. The van der Waals surface area contributed by atoms with Crippen LogP contribution in [0.1, 0.15) is 6.92 Å². The maximum atomic E-state index is 3.89. The molecule has 0 aliphatic carbocycles. The van der Waals surface area contributed by atoms with Crippen LogP contribution in [0.15, 0.2) is 11.5 Å². The summed E-state index contributed by atoms with van der Waals surface area (Å²) in [5.41, 5.74) is 0. The standard InChI is InChI=1S/C6H12S2/c1-5(7-3)6(2)8-4/h6H,1H2,2-4H3. The first-order valence-corrected chi connectivity index (χ1v) is 4.99. The average Bonchev–Trinajstić information content (AvgIpc) is 1.84. The summed E-state index contributed by atoms with van der Waals surface area (Å²) in [7, 11) is 0. The van der Waals surface area contributed by atoms with E-state index in [1.54, 1.807) is 11.8 Å². The second-order valence-electron chi connectivity index (χ2n) is 1.55. The van der Waals surface area contributed by atoms with Crippen LogP contribution in [0.3, 0.4) is 0 Å². The first kappa shape index (κ1) is 8.44. The molecule has 2 heteroatoms. The van der Waals surface area contributed by atoms with E-state index < -0.39 is 0 Å². The Balaban J connectivity index is 3.46. The van der Waals surface area contributed by atoms with E-state index in [4.69, 9.17) is 0 Å². The van der Waals surface area contributed by atoms with Crippen molar-refractivity contribution >= 4 is 23.5 Å². The molecule has 0 N–H and O–H groups in total. The molecule has 0 aliphatic rings. The summed E-state index contributed by atoms with van der Waals surface area (Å²) in [6, 6.07) is 0. The first-order valence-electron chi connectivity index (χ1n) is 2.48. The highest BCUT2D eigenvalue weighted by atomic mass is 32.2. The van der Waals surface area contributed by atoms with Crippen molar-refractivity contribution in [2.75, 3.05) is 12.5 Å². The average molecular weight is 148 g/mol. The molecule has 0 fully saturated rings. The number of rotatable bonds is 3. The highest BCUT2D eigenvalue weighted by molar-refractivity contribution is 8.05. The van der Waals surface area contributed by atoms with E-state index in [1.165, 1.54) is 4.91 Å². The molecule has 0 amide bonds. The second kappa shape index (κ2) is 4.33. The lowest BCUT2D eigenvalue weighted by Gasteiger charge is -2.07. The summed E-state index contributed by atoms with van der Waals surface area (Å²) in [6.07, 6.45) is 4.17. The fraction of sp³-hybridized carbons (Fsp3) is 0.667. The van der Waals surface area contributed by atoms with Crippen LogP contribution in [-0.4, -0.2) is 17.8 Å². The minimum atomic E-state index is 0.602. The largest absolute Gasteiger partial charge is 0.157 e. The van der Waals surface area contributed by atoms with Crippen LogP contribution >= 0.6 is 23.5 Å². The Kier molecular flexibility index (Phi) is 4.57. The number of hydrogen-bond acceptors (Lipinski definition) is 2. The molecule has 1 atom stereocenters. The molecule has 0 aliphatic heterocycles. The molecule has 0 saturated heterocycles. The quantitative estimate of drug-likeness (QED) is 0.603. The molecule has 1 unspecified atom stereocenters. The van der Waals surface area contributed by atoms with E-state index in [-0.39, 0.29) is 0 Å². The Labute approximate surface area is 60.1 Å². The maximum absolute atomic E-state index is 3.89. The van der Waals surface area contributed by atoms with Gasteiger partial charge in [-0.05, 0) is 24.3 Å². The smallest absolute Gasteiger partial charge is 0.0319 e. The van der Waals surface area contributed by atoms with Crippen LogP contribution < -0.4 is 0 Å². The van der Waals surface area contributed by atoms with Crippen molar-refractivity contribution in [1.82, 2.24) is 0 Å². The van der Waals surface area contributed by atoms with Crippen LogP contribution in [0.25, 0.3) is 0 Å². The van der Waals surface area contributed by atoms with Crippen molar-refractivity contribution in [3.63, 3.8) is 0 Å². The molecule has 0 aromatic heterocycles. The Hall–Kier alpha value is 0.440. The van der Waals surface area contributed by atoms with Crippen molar-refractivity contribution in [2.45, 2.75) is 12.2 Å². The van der Waals surface area contributed by atoms with Gasteiger partial charge in [-0.15, -0.1) is 11.8 Å². The predicted octanol–water partition coefficient (Wildman–Crippen LogP) is 2.61. The molecule has 48 valence electrons. The van der Waals surface area contributed by atoms with Crippen LogP contribution in [0.5, 0.6) is 0 Å². The molecular weight excluding hydrogens is 136 g/mol. The zero-order valence-electron chi connectivity index (χ0n) is 5.60. The van der Waals surface area contributed by atoms with E-state index in [2.05, 4.69) is 26.0 Å². The molecule has 0 aromatic rings. The Bertz CT molecular complexity index is 78.6. The van der Waals surface area contributed by atoms with Crippen molar-refractivity contribution in [1.29, 1.82) is 0 Å². The Morgan fingerprint density at radius 2 is 2.00 bits per heavy atom. The molecule has 0 spiro atoms. The predicted molar refractivity (Wildman–Crippen MR) is 45.6 cm³/mol. The van der Waals surface area contributed by atoms with Crippen molar-refractivity contribution in [3.05, 3.63) is 11.5 Å². The van der Waals surface area contributed by atoms with Gasteiger partial charge in [-0.1, -0.05) is 6.58 Å². The molecule has 8 heavy (non-hydrogen) atoms. The molecular formula is C6H12S2. The molecule has 0 aromatic carbocycles. The van der Waals surface area contributed by atoms with E-state index >= 15 is 0 Å². The number of thioether (sulfide) groups is 2. The normalized spacial score (nSPS) is 13.4. The zero-order chi connectivity index (χ0) is 6.57. The topological polar surface area (TPSA) is 0 Å². The maximum Gasteiger partial charge on any atom is 0.0319 e. The van der Waals surface area contributed by atoms with Crippen molar-refractivity contribution in [3.8, 4) is 0 Å². The third kappa shape index (κ3) is 2.68. The molecule has 0 rings (SSSR count). The fourth-order valence-corrected chi connectivity index (χ4v) is 1.47. The molecule has 0 radical (unpaired) electrons. The summed E-state index contributed by atoms with van der Waals surface area (Å²) in [5.74, 6) is 0. The van der Waals surface area contributed by atoms with Crippen LogP contribution in [-0.2, 0) is 0 Å². The second-order valence-corrected chi connectivity index (χ2v) is 3.66. The van der Waals surface area contributed by atoms with Gasteiger partial charge in [0, 0.05) is 5.25 Å². The number of hydrogen-bond donors (Lipinski definition) is 0. The Morgan fingerprint density at radius 3 is 2.12 bits per heavy atom. The van der Waals surface area contributed by atoms with E-state index in [0.717, 1.165) is 0 Å². The molecule has 0 nitrogen and oxygen atoms in total. The van der Waals surface area contributed by atoms with Gasteiger partial charge in [-0.2, -0.15) is 11.8 Å². The van der Waals surface area contributed by atoms with Crippen LogP contribution in [0.2, 0.25) is 0 Å². The summed E-state index contributed by atoms with van der Waals surface area (Å²) in [6.45, 7) is 6.06. The monoisotopic (exact) mass is 148 g/mol. The van der Waals surface area contributed by atoms with Gasteiger partial charge in [-0.25, -0.2) is 0 Å². The highest BCUT2D eigenvalue weighted by Crippen LogP contribution is 2.21. The van der Waals surface area contributed by atoms with E-state index in [0.29, 0.717) is 5.25 Å². The summed E-state index contributed by atoms with van der Waals surface area (Å²) < 4.78 is 0. The zero-order valence-corrected chi connectivity index (χ0v) is 7.23. The summed E-state index contributed by atoms with van der Waals surface area (Å²) in [5, 5.41) is 0.602. The summed E-state index contributed by atoms with van der Waals surface area (Å²) in [4.78, 5) is 1.26. The lowest BCUT2D eigenvalue weighted by atomic mass is 10.5. The van der Waals surface area contributed by atoms with Gasteiger partial charge in [0.05, 0.1) is 0 Å². The SMILES string of the molecule is C=C(SC)C(C)SC. The molecule has 0 saturated carbocycles. The van der Waals surface area contributed by atoms with Gasteiger partial charge in [0.1, 0.15) is 0 Å². The van der Waals surface area contributed by atoms with Gasteiger partial charge in [-0.3, -0.25) is 0 Å². The lowest BCUT2D eigenvalue weighted by molar-refractivity contribution is 1.24.